The smallest absolute Gasteiger partial charge is 0.344 e. The summed E-state index contributed by atoms with van der Waals surface area (Å²) in [5, 5.41) is 4.92. The minimum absolute atomic E-state index is 0.202. The fraction of sp³-hybridized carbons (Fsp3) is 0.304. The number of rotatable bonds is 9. The average molecular weight is 486 g/mol. The van der Waals surface area contributed by atoms with Crippen molar-refractivity contribution in [1.29, 1.82) is 0 Å². The topological polar surface area (TPSA) is 82.8 Å². The van der Waals surface area contributed by atoms with Crippen LogP contribution in [0.5, 0.6) is 5.75 Å². The quantitative estimate of drug-likeness (QED) is 0.332. The molecule has 0 aliphatic rings. The van der Waals surface area contributed by atoms with Gasteiger partial charge in [-0.15, -0.1) is 0 Å². The SMILES string of the molecule is CCCCc1nc2ccc(Br)cc2c(=O)n1N=Cc1ccccc1OCC(=O)OCC. The summed E-state index contributed by atoms with van der Waals surface area (Å²) in [5.74, 6) is 0.624. The summed E-state index contributed by atoms with van der Waals surface area (Å²) in [6.07, 6.45) is 4.05. The molecule has 1 heterocycles. The molecule has 0 saturated heterocycles. The van der Waals surface area contributed by atoms with Gasteiger partial charge in [0.1, 0.15) is 11.6 Å². The van der Waals surface area contributed by atoms with Gasteiger partial charge >= 0.3 is 5.97 Å². The zero-order chi connectivity index (χ0) is 22.2. The van der Waals surface area contributed by atoms with E-state index in [4.69, 9.17) is 9.47 Å². The maximum Gasteiger partial charge on any atom is 0.344 e. The monoisotopic (exact) mass is 485 g/mol. The van der Waals surface area contributed by atoms with Crippen LogP contribution in [0.3, 0.4) is 0 Å². The van der Waals surface area contributed by atoms with Crippen LogP contribution in [0.4, 0.5) is 0 Å². The van der Waals surface area contributed by atoms with Crippen molar-refractivity contribution in [2.24, 2.45) is 5.10 Å². The standard InChI is InChI=1S/C23H24BrN3O4/c1-3-5-10-21-26-19-12-11-17(24)13-18(19)23(29)27(21)25-14-16-8-6-7-9-20(16)31-15-22(28)30-4-2/h6-9,11-14H,3-5,10,15H2,1-2H3. The van der Waals surface area contributed by atoms with Crippen LogP contribution in [-0.2, 0) is 16.0 Å². The molecule has 0 spiro atoms. The predicted octanol–water partition coefficient (Wildman–Crippen LogP) is 4.33. The third-order valence-electron chi connectivity index (χ3n) is 4.51. The van der Waals surface area contributed by atoms with Gasteiger partial charge in [0.05, 0.1) is 23.7 Å². The van der Waals surface area contributed by atoms with Crippen LogP contribution in [0.25, 0.3) is 10.9 Å². The third kappa shape index (κ3) is 5.79. The molecular formula is C23H24BrN3O4. The van der Waals surface area contributed by atoms with Gasteiger partial charge in [-0.05, 0) is 43.7 Å². The third-order valence-corrected chi connectivity index (χ3v) is 5.00. The molecule has 8 heteroatoms. The molecule has 0 N–H and O–H groups in total. The molecule has 3 aromatic rings. The fourth-order valence-corrected chi connectivity index (χ4v) is 3.35. The maximum atomic E-state index is 13.2. The largest absolute Gasteiger partial charge is 0.481 e. The van der Waals surface area contributed by atoms with E-state index >= 15 is 0 Å². The Morgan fingerprint density at radius 1 is 1.23 bits per heavy atom. The van der Waals surface area contributed by atoms with Gasteiger partial charge in [0.2, 0.25) is 0 Å². The number of benzene rings is 2. The molecular weight excluding hydrogens is 462 g/mol. The molecule has 0 radical (unpaired) electrons. The van der Waals surface area contributed by atoms with Gasteiger partial charge in [-0.25, -0.2) is 9.78 Å². The van der Waals surface area contributed by atoms with E-state index in [9.17, 15) is 9.59 Å². The minimum atomic E-state index is -0.448. The molecule has 7 nitrogen and oxygen atoms in total. The second-order valence-corrected chi connectivity index (χ2v) is 7.70. The number of aromatic nitrogens is 2. The molecule has 0 bridgehead atoms. The van der Waals surface area contributed by atoms with Gasteiger partial charge in [-0.2, -0.15) is 9.78 Å². The Morgan fingerprint density at radius 2 is 2.03 bits per heavy atom. The number of esters is 1. The van der Waals surface area contributed by atoms with E-state index < -0.39 is 5.97 Å². The highest BCUT2D eigenvalue weighted by atomic mass is 79.9. The number of halogens is 1. The first-order valence-corrected chi connectivity index (χ1v) is 11.0. The van der Waals surface area contributed by atoms with Gasteiger partial charge in [0, 0.05) is 16.5 Å². The molecule has 0 amide bonds. The molecule has 31 heavy (non-hydrogen) atoms. The Bertz CT molecular complexity index is 1160. The molecule has 0 fully saturated rings. The molecule has 0 saturated carbocycles. The zero-order valence-corrected chi connectivity index (χ0v) is 19.1. The highest BCUT2D eigenvalue weighted by Crippen LogP contribution is 2.18. The molecule has 0 aliphatic heterocycles. The number of para-hydroxylation sites is 1. The number of nitrogens with zero attached hydrogens (tertiary/aromatic N) is 3. The summed E-state index contributed by atoms with van der Waals surface area (Å²) in [6.45, 7) is 3.91. The number of carbonyl (C=O) groups excluding carboxylic acids is 1. The molecule has 0 atom stereocenters. The van der Waals surface area contributed by atoms with Crippen molar-refractivity contribution in [2.75, 3.05) is 13.2 Å². The number of fused-ring (bicyclic) bond motifs is 1. The van der Waals surface area contributed by atoms with E-state index in [-0.39, 0.29) is 12.2 Å². The first-order valence-electron chi connectivity index (χ1n) is 10.2. The Kier molecular flexibility index (Phi) is 7.94. The highest BCUT2D eigenvalue weighted by Gasteiger charge is 2.11. The van der Waals surface area contributed by atoms with Crippen LogP contribution in [0.1, 0.15) is 38.1 Å². The molecule has 162 valence electrons. The summed E-state index contributed by atoms with van der Waals surface area (Å²) in [5.41, 5.74) is 1.04. The van der Waals surface area contributed by atoms with Crippen molar-refractivity contribution in [3.63, 3.8) is 0 Å². The Labute approximate surface area is 188 Å². The van der Waals surface area contributed by atoms with Crippen molar-refractivity contribution in [3.8, 4) is 5.75 Å². The summed E-state index contributed by atoms with van der Waals surface area (Å²) in [7, 11) is 0. The number of aryl methyl sites for hydroxylation is 1. The van der Waals surface area contributed by atoms with Crippen molar-refractivity contribution < 1.29 is 14.3 Å². The molecule has 0 unspecified atom stereocenters. The molecule has 0 aliphatic carbocycles. The number of ether oxygens (including phenoxy) is 2. The summed E-state index contributed by atoms with van der Waals surface area (Å²) < 4.78 is 12.6. The number of unbranched alkanes of at least 4 members (excludes halogenated alkanes) is 1. The van der Waals surface area contributed by atoms with E-state index in [2.05, 4.69) is 32.9 Å². The lowest BCUT2D eigenvalue weighted by Gasteiger charge is -2.10. The highest BCUT2D eigenvalue weighted by molar-refractivity contribution is 9.10. The Morgan fingerprint density at radius 3 is 2.81 bits per heavy atom. The van der Waals surface area contributed by atoms with Crippen LogP contribution in [0.15, 0.2) is 56.8 Å². The summed E-state index contributed by atoms with van der Waals surface area (Å²) in [6, 6.07) is 12.6. The van der Waals surface area contributed by atoms with Crippen molar-refractivity contribution >= 4 is 39.0 Å². The van der Waals surface area contributed by atoms with Gasteiger partial charge < -0.3 is 9.47 Å². The van der Waals surface area contributed by atoms with Gasteiger partial charge in [0.25, 0.3) is 5.56 Å². The van der Waals surface area contributed by atoms with E-state index in [1.54, 1.807) is 37.4 Å². The van der Waals surface area contributed by atoms with Crippen molar-refractivity contribution in [3.05, 3.63) is 68.7 Å². The van der Waals surface area contributed by atoms with Crippen LogP contribution in [0, 0.1) is 0 Å². The van der Waals surface area contributed by atoms with Gasteiger partial charge in [-0.3, -0.25) is 4.79 Å². The fourth-order valence-electron chi connectivity index (χ4n) is 2.99. The van der Waals surface area contributed by atoms with Gasteiger partial charge in [-0.1, -0.05) is 41.4 Å². The van der Waals surface area contributed by atoms with E-state index in [1.807, 2.05) is 18.2 Å². The van der Waals surface area contributed by atoms with Crippen molar-refractivity contribution in [1.82, 2.24) is 9.66 Å². The van der Waals surface area contributed by atoms with Gasteiger partial charge in [0.15, 0.2) is 6.61 Å². The van der Waals surface area contributed by atoms with Crippen LogP contribution in [-0.4, -0.2) is 35.1 Å². The van der Waals surface area contributed by atoms with Crippen LogP contribution < -0.4 is 10.3 Å². The lowest BCUT2D eigenvalue weighted by atomic mass is 10.2. The molecule has 2 aromatic carbocycles. The average Bonchev–Trinajstić information content (AvgIpc) is 2.77. The molecule has 1 aromatic heterocycles. The van der Waals surface area contributed by atoms with E-state index in [0.717, 1.165) is 17.3 Å². The lowest BCUT2D eigenvalue weighted by molar-refractivity contribution is -0.145. The Balaban J connectivity index is 1.98. The van der Waals surface area contributed by atoms with Crippen LogP contribution >= 0.6 is 15.9 Å². The van der Waals surface area contributed by atoms with E-state index in [0.29, 0.717) is 41.1 Å². The number of hydrogen-bond donors (Lipinski definition) is 0. The minimum Gasteiger partial charge on any atom is -0.481 e. The second kappa shape index (κ2) is 10.9. The Hall–Kier alpha value is -3.00. The summed E-state index contributed by atoms with van der Waals surface area (Å²) in [4.78, 5) is 29.4. The van der Waals surface area contributed by atoms with E-state index in [1.165, 1.54) is 4.68 Å². The maximum absolute atomic E-state index is 13.2. The number of carbonyl (C=O) groups is 1. The normalized spacial score (nSPS) is 11.2. The summed E-state index contributed by atoms with van der Waals surface area (Å²) >= 11 is 3.41. The molecule has 3 rings (SSSR count). The number of hydrogen-bond acceptors (Lipinski definition) is 6. The van der Waals surface area contributed by atoms with Crippen LogP contribution in [0.2, 0.25) is 0 Å². The second-order valence-electron chi connectivity index (χ2n) is 6.79. The predicted molar refractivity (Wildman–Crippen MR) is 124 cm³/mol. The lowest BCUT2D eigenvalue weighted by Crippen LogP contribution is -2.22. The zero-order valence-electron chi connectivity index (χ0n) is 17.5. The van der Waals surface area contributed by atoms with Crippen molar-refractivity contribution in [2.45, 2.75) is 33.1 Å². The first kappa shape index (κ1) is 22.7. The first-order chi connectivity index (χ1) is 15.0.